The topological polar surface area (TPSA) is 79.2 Å². The number of benzene rings is 1. The molecule has 0 saturated carbocycles. The Morgan fingerprint density at radius 2 is 2.05 bits per heavy atom. The lowest BCUT2D eigenvalue weighted by Gasteiger charge is -2.19. The van der Waals surface area contributed by atoms with Crippen LogP contribution in [0.1, 0.15) is 37.6 Å². The van der Waals surface area contributed by atoms with Crippen LogP contribution in [0, 0.1) is 17.1 Å². The summed E-state index contributed by atoms with van der Waals surface area (Å²) in [7, 11) is 0. The molecule has 6 heteroatoms. The van der Waals surface area contributed by atoms with Gasteiger partial charge in [0.25, 0.3) is 0 Å². The molecule has 1 rings (SSSR count). The molecule has 5 nitrogen and oxygen atoms in total. The molecule has 0 radical (unpaired) electrons. The summed E-state index contributed by atoms with van der Waals surface area (Å²) < 4.78 is 18.8. The fourth-order valence-corrected chi connectivity index (χ4v) is 1.37. The van der Waals surface area contributed by atoms with Gasteiger partial charge >= 0.3 is 5.97 Å². The van der Waals surface area contributed by atoms with Gasteiger partial charge in [0.1, 0.15) is 17.8 Å². The normalized spacial score (nSPS) is 10.6. The van der Waals surface area contributed by atoms with Gasteiger partial charge in [0.2, 0.25) is 5.91 Å². The molecule has 0 aromatic heterocycles. The van der Waals surface area contributed by atoms with Gasteiger partial charge in [-0.2, -0.15) is 5.26 Å². The Bertz CT molecular complexity index is 571. The van der Waals surface area contributed by atoms with E-state index in [2.05, 4.69) is 5.32 Å². The molecule has 0 atom stereocenters. The molecule has 1 N–H and O–H groups in total. The van der Waals surface area contributed by atoms with Gasteiger partial charge in [-0.05, 0) is 39.0 Å². The Morgan fingerprint density at radius 1 is 1.40 bits per heavy atom. The maximum atomic E-state index is 13.8. The predicted molar refractivity (Wildman–Crippen MR) is 70.4 cm³/mol. The van der Waals surface area contributed by atoms with E-state index in [0.717, 1.165) is 6.07 Å². The van der Waals surface area contributed by atoms with Crippen molar-refractivity contribution in [3.63, 3.8) is 0 Å². The molecule has 1 aromatic rings. The Labute approximate surface area is 116 Å². The molecule has 0 aliphatic heterocycles. The van der Waals surface area contributed by atoms with Gasteiger partial charge in [0, 0.05) is 5.69 Å². The highest BCUT2D eigenvalue weighted by Gasteiger charge is 2.20. The summed E-state index contributed by atoms with van der Waals surface area (Å²) in [5.74, 6) is -2.11. The van der Waals surface area contributed by atoms with E-state index in [1.165, 1.54) is 12.1 Å². The molecule has 106 valence electrons. The molecule has 0 spiro atoms. The van der Waals surface area contributed by atoms with Crippen molar-refractivity contribution in [2.75, 3.05) is 5.32 Å². The van der Waals surface area contributed by atoms with Crippen molar-refractivity contribution < 1.29 is 18.7 Å². The second kappa shape index (κ2) is 6.15. The highest BCUT2D eigenvalue weighted by Crippen LogP contribution is 2.18. The number of nitrogens with zero attached hydrogens (tertiary/aromatic N) is 1. The van der Waals surface area contributed by atoms with Gasteiger partial charge in [0.15, 0.2) is 0 Å². The third-order valence-corrected chi connectivity index (χ3v) is 2.11. The number of anilines is 1. The van der Waals surface area contributed by atoms with E-state index in [4.69, 9.17) is 10.00 Å². The van der Waals surface area contributed by atoms with Gasteiger partial charge in [-0.25, -0.2) is 9.18 Å². The van der Waals surface area contributed by atoms with Crippen LogP contribution in [0.4, 0.5) is 10.1 Å². The van der Waals surface area contributed by atoms with Crippen LogP contribution in [0.25, 0.3) is 0 Å². The molecule has 0 aliphatic carbocycles. The average molecular weight is 278 g/mol. The number of amides is 1. The first-order valence-electron chi connectivity index (χ1n) is 5.92. The van der Waals surface area contributed by atoms with Crippen molar-refractivity contribution in [3.8, 4) is 6.07 Å². The van der Waals surface area contributed by atoms with E-state index in [1.807, 2.05) is 0 Å². The van der Waals surface area contributed by atoms with Crippen molar-refractivity contribution in [1.82, 2.24) is 0 Å². The number of carbonyl (C=O) groups is 2. The molecule has 20 heavy (non-hydrogen) atoms. The second-order valence-electron chi connectivity index (χ2n) is 5.08. The summed E-state index contributed by atoms with van der Waals surface area (Å²) in [4.78, 5) is 22.9. The van der Waals surface area contributed by atoms with Crippen LogP contribution >= 0.6 is 0 Å². The molecule has 0 fully saturated rings. The van der Waals surface area contributed by atoms with Gasteiger partial charge in [-0.1, -0.05) is 0 Å². The number of esters is 1. The first-order valence-corrected chi connectivity index (χ1v) is 5.92. The Kier molecular flexibility index (Phi) is 4.81. The van der Waals surface area contributed by atoms with E-state index in [0.29, 0.717) is 0 Å². The van der Waals surface area contributed by atoms with Crippen LogP contribution in [-0.2, 0) is 9.53 Å². The number of carbonyl (C=O) groups excluding carboxylic acids is 2. The zero-order valence-corrected chi connectivity index (χ0v) is 11.5. The number of nitriles is 1. The second-order valence-corrected chi connectivity index (χ2v) is 5.08. The van der Waals surface area contributed by atoms with Crippen molar-refractivity contribution in [2.45, 2.75) is 32.8 Å². The Hall–Kier alpha value is -2.42. The minimum atomic E-state index is -0.797. The Morgan fingerprint density at radius 3 is 2.55 bits per heavy atom. The summed E-state index contributed by atoms with van der Waals surface area (Å²) in [6.45, 7) is 5.04. The highest BCUT2D eigenvalue weighted by molar-refractivity contribution is 5.94. The fraction of sp³-hybridized carbons (Fsp3) is 0.357. The first-order chi connectivity index (χ1) is 9.23. The number of hydrogen-bond donors (Lipinski definition) is 1. The molecule has 0 heterocycles. The zero-order valence-electron chi connectivity index (χ0n) is 11.5. The lowest BCUT2D eigenvalue weighted by atomic mass is 10.1. The minimum Gasteiger partial charge on any atom is -0.456 e. The van der Waals surface area contributed by atoms with E-state index in [1.54, 1.807) is 26.8 Å². The van der Waals surface area contributed by atoms with E-state index < -0.39 is 23.3 Å². The maximum Gasteiger partial charge on any atom is 0.341 e. The van der Waals surface area contributed by atoms with Crippen LogP contribution in [-0.4, -0.2) is 17.5 Å². The third-order valence-electron chi connectivity index (χ3n) is 2.11. The van der Waals surface area contributed by atoms with E-state index >= 15 is 0 Å². The summed E-state index contributed by atoms with van der Waals surface area (Å²) in [5.41, 5.74) is -0.753. The largest absolute Gasteiger partial charge is 0.456 e. The smallest absolute Gasteiger partial charge is 0.341 e. The van der Waals surface area contributed by atoms with E-state index in [-0.39, 0.29) is 17.7 Å². The van der Waals surface area contributed by atoms with Gasteiger partial charge < -0.3 is 10.1 Å². The van der Waals surface area contributed by atoms with Gasteiger partial charge in [0.05, 0.1) is 11.6 Å². The summed E-state index contributed by atoms with van der Waals surface area (Å²) >= 11 is 0. The lowest BCUT2D eigenvalue weighted by molar-refractivity contribution is -0.115. The van der Waals surface area contributed by atoms with E-state index in [9.17, 15) is 14.0 Å². The van der Waals surface area contributed by atoms with Gasteiger partial charge in [-0.15, -0.1) is 0 Å². The number of halogens is 1. The summed E-state index contributed by atoms with van der Waals surface area (Å²) in [6.07, 6.45) is -0.324. The molecule has 0 saturated heterocycles. The van der Waals surface area contributed by atoms with Crippen LogP contribution in [0.3, 0.4) is 0 Å². The van der Waals surface area contributed by atoms with Crippen LogP contribution < -0.4 is 5.32 Å². The van der Waals surface area contributed by atoms with Crippen molar-refractivity contribution in [3.05, 3.63) is 29.6 Å². The molecular formula is C14H15FN2O3. The number of ether oxygens (including phenoxy) is 1. The third kappa shape index (κ3) is 4.69. The quantitative estimate of drug-likeness (QED) is 0.862. The molecular weight excluding hydrogens is 263 g/mol. The SMILES string of the molecule is CC(C)(C)OC(=O)c1ccc(NC(=O)CC#N)cc1F. The molecule has 0 unspecified atom stereocenters. The highest BCUT2D eigenvalue weighted by atomic mass is 19.1. The maximum absolute atomic E-state index is 13.8. The fourth-order valence-electron chi connectivity index (χ4n) is 1.37. The average Bonchev–Trinajstić information content (AvgIpc) is 2.26. The molecule has 0 aliphatic rings. The number of hydrogen-bond acceptors (Lipinski definition) is 4. The Balaban J connectivity index is 2.86. The van der Waals surface area contributed by atoms with Crippen molar-refractivity contribution in [2.24, 2.45) is 0 Å². The zero-order chi connectivity index (χ0) is 15.3. The lowest BCUT2D eigenvalue weighted by Crippen LogP contribution is -2.24. The van der Waals surface area contributed by atoms with Crippen LogP contribution in [0.5, 0.6) is 0 Å². The summed E-state index contributed by atoms with van der Waals surface area (Å²) in [5, 5.41) is 10.7. The first kappa shape index (κ1) is 15.6. The molecule has 1 aromatic carbocycles. The number of rotatable bonds is 3. The van der Waals surface area contributed by atoms with Gasteiger partial charge in [-0.3, -0.25) is 4.79 Å². The number of nitrogens with one attached hydrogen (secondary N) is 1. The standard InChI is InChI=1S/C14H15FN2O3/c1-14(2,3)20-13(19)10-5-4-9(8-11(10)15)17-12(18)6-7-16/h4-5,8H,6H2,1-3H3,(H,17,18). The molecule has 0 bridgehead atoms. The van der Waals surface area contributed by atoms with Crippen molar-refractivity contribution >= 4 is 17.6 Å². The summed E-state index contributed by atoms with van der Waals surface area (Å²) in [6, 6.07) is 5.29. The predicted octanol–water partition coefficient (Wildman–Crippen LogP) is 2.63. The van der Waals surface area contributed by atoms with Crippen molar-refractivity contribution in [1.29, 1.82) is 5.26 Å². The monoisotopic (exact) mass is 278 g/mol. The van der Waals surface area contributed by atoms with Crippen LogP contribution in [0.2, 0.25) is 0 Å². The van der Waals surface area contributed by atoms with Crippen LogP contribution in [0.15, 0.2) is 18.2 Å². The minimum absolute atomic E-state index is 0.176. The molecule has 1 amide bonds.